The molecule has 0 aromatic carbocycles. The third-order valence-corrected chi connectivity index (χ3v) is 7.51. The minimum absolute atomic E-state index is 0.0478. The van der Waals surface area contributed by atoms with E-state index in [1.165, 1.54) is 29.3 Å². The summed E-state index contributed by atoms with van der Waals surface area (Å²) >= 11 is 0. The molecule has 1 aliphatic carbocycles. The van der Waals surface area contributed by atoms with Gasteiger partial charge in [0, 0.05) is 19.4 Å². The average molecular weight is 475 g/mol. The number of hydrogen-bond acceptors (Lipinski definition) is 7. The summed E-state index contributed by atoms with van der Waals surface area (Å²) in [5.74, 6) is -0.200. The maximum absolute atomic E-state index is 13.2. The Morgan fingerprint density at radius 3 is 2.58 bits per heavy atom. The molecule has 0 aliphatic heterocycles. The highest BCUT2D eigenvalue weighted by Gasteiger charge is 2.48. The van der Waals surface area contributed by atoms with Crippen LogP contribution in [0.3, 0.4) is 0 Å². The van der Waals surface area contributed by atoms with E-state index in [2.05, 4.69) is 26.1 Å². The van der Waals surface area contributed by atoms with Crippen LogP contribution in [0.4, 0.5) is 13.2 Å². The van der Waals surface area contributed by atoms with Gasteiger partial charge in [0.1, 0.15) is 16.9 Å². The van der Waals surface area contributed by atoms with Gasteiger partial charge < -0.3 is 4.57 Å². The van der Waals surface area contributed by atoms with E-state index < -0.39 is 27.0 Å². The number of aromatic nitrogens is 6. The van der Waals surface area contributed by atoms with E-state index >= 15 is 0 Å². The molecule has 0 bridgehead atoms. The molecule has 0 spiro atoms. The molecule has 0 N–H and O–H groups in total. The van der Waals surface area contributed by atoms with E-state index in [-0.39, 0.29) is 39.0 Å². The molecule has 4 aromatic heterocycles. The van der Waals surface area contributed by atoms with Crippen LogP contribution in [0.5, 0.6) is 0 Å². The second-order valence-electron chi connectivity index (χ2n) is 7.90. The molecule has 0 radical (unpaired) electrons. The Hall–Kier alpha value is -3.53. The Balaban J connectivity index is 1.85. The van der Waals surface area contributed by atoms with Crippen LogP contribution in [-0.4, -0.2) is 43.3 Å². The number of alkyl halides is 3. The van der Waals surface area contributed by atoms with Crippen LogP contribution < -0.4 is 0 Å². The maximum atomic E-state index is 13.2. The van der Waals surface area contributed by atoms with Gasteiger partial charge in [-0.25, -0.2) is 27.9 Å². The molecule has 4 aromatic rings. The molecule has 0 saturated heterocycles. The molecule has 1 aliphatic rings. The van der Waals surface area contributed by atoms with Gasteiger partial charge in [0.2, 0.25) is 0 Å². The van der Waals surface area contributed by atoms with Crippen LogP contribution in [0.2, 0.25) is 0 Å². The zero-order valence-electron chi connectivity index (χ0n) is 17.4. The number of nitrogens with zero attached hydrogens (tertiary/aromatic N) is 7. The van der Waals surface area contributed by atoms with Gasteiger partial charge in [-0.05, 0) is 25.0 Å². The molecule has 4 heterocycles. The zero-order valence-corrected chi connectivity index (χ0v) is 18.2. The lowest BCUT2D eigenvalue weighted by molar-refractivity contribution is -0.137. The third-order valence-electron chi connectivity index (χ3n) is 5.88. The summed E-state index contributed by atoms with van der Waals surface area (Å²) in [6.45, 7) is 1.46. The van der Waals surface area contributed by atoms with Gasteiger partial charge in [-0.2, -0.15) is 23.5 Å². The van der Waals surface area contributed by atoms with Crippen molar-refractivity contribution in [1.82, 2.24) is 29.1 Å². The number of imidazole rings is 1. The fourth-order valence-electron chi connectivity index (χ4n) is 3.84. The van der Waals surface area contributed by atoms with Crippen molar-refractivity contribution >= 4 is 26.6 Å². The monoisotopic (exact) mass is 475 g/mol. The molecular weight excluding hydrogens is 459 g/mol. The van der Waals surface area contributed by atoms with Crippen molar-refractivity contribution in [2.24, 2.45) is 7.05 Å². The molecule has 0 unspecified atom stereocenters. The summed E-state index contributed by atoms with van der Waals surface area (Å²) in [4.78, 5) is 12.5. The predicted octanol–water partition coefficient (Wildman–Crippen LogP) is 3.05. The first-order chi connectivity index (χ1) is 15.5. The van der Waals surface area contributed by atoms with Gasteiger partial charge in [-0.3, -0.25) is 0 Å². The Labute approximate surface area is 185 Å². The third kappa shape index (κ3) is 3.08. The average Bonchev–Trinajstić information content (AvgIpc) is 3.38. The highest BCUT2D eigenvalue weighted by molar-refractivity contribution is 7.91. The quantitative estimate of drug-likeness (QED) is 0.445. The number of aryl methyl sites for hydroxylation is 1. The van der Waals surface area contributed by atoms with Gasteiger partial charge in [0.15, 0.2) is 26.2 Å². The number of nitriles is 1. The first-order valence-corrected chi connectivity index (χ1v) is 11.6. The van der Waals surface area contributed by atoms with E-state index in [0.29, 0.717) is 24.7 Å². The molecule has 0 atom stereocenters. The van der Waals surface area contributed by atoms with Crippen LogP contribution >= 0.6 is 0 Å². The summed E-state index contributed by atoms with van der Waals surface area (Å²) in [5.41, 5.74) is -0.946. The van der Waals surface area contributed by atoms with Crippen LogP contribution in [0.25, 0.3) is 28.2 Å². The lowest BCUT2D eigenvalue weighted by Gasteiger charge is -2.08. The molecule has 1 fully saturated rings. The number of fused-ring (bicyclic) bond motifs is 2. The number of halogens is 3. The zero-order chi connectivity index (χ0) is 23.8. The standard InChI is InChI=1S/C20H16F3N7O2S/c1-3-33(31,32)18-14(16-25-7-4-13(30(16)28-18)19(10-24)5-6-19)17-27-12-8-11(20(21,22)23)9-26-15(12)29(17)2/h4,7-9H,3,5-6H2,1-2H3. The SMILES string of the molecule is CCS(=O)(=O)c1nn2c(C3(C#N)CC3)ccnc2c1-c1nc2cc(C(F)(F)F)cnc2n1C. The summed E-state index contributed by atoms with van der Waals surface area (Å²) in [5, 5.41) is 13.7. The van der Waals surface area contributed by atoms with E-state index in [9.17, 15) is 26.9 Å². The molecule has 5 rings (SSSR count). The number of hydrogen-bond donors (Lipinski definition) is 0. The lowest BCUT2D eigenvalue weighted by atomic mass is 10.0. The number of sulfone groups is 1. The van der Waals surface area contributed by atoms with Crippen LogP contribution in [-0.2, 0) is 28.5 Å². The Morgan fingerprint density at radius 2 is 1.97 bits per heavy atom. The maximum Gasteiger partial charge on any atom is 0.417 e. The minimum atomic E-state index is -4.60. The van der Waals surface area contributed by atoms with Crippen molar-refractivity contribution in [3.63, 3.8) is 0 Å². The van der Waals surface area contributed by atoms with E-state index in [1.54, 1.807) is 6.07 Å². The van der Waals surface area contributed by atoms with Crippen molar-refractivity contribution in [2.45, 2.75) is 36.4 Å². The molecule has 13 heteroatoms. The number of rotatable bonds is 4. The van der Waals surface area contributed by atoms with E-state index in [4.69, 9.17) is 0 Å². The summed E-state index contributed by atoms with van der Waals surface area (Å²) in [6.07, 6.45) is -1.24. The van der Waals surface area contributed by atoms with Crippen molar-refractivity contribution in [3.8, 4) is 17.5 Å². The van der Waals surface area contributed by atoms with Gasteiger partial charge in [-0.15, -0.1) is 0 Å². The van der Waals surface area contributed by atoms with Crippen molar-refractivity contribution in [1.29, 1.82) is 5.26 Å². The molecule has 1 saturated carbocycles. The van der Waals surface area contributed by atoms with Gasteiger partial charge in [0.25, 0.3) is 0 Å². The van der Waals surface area contributed by atoms with Crippen LogP contribution in [0.1, 0.15) is 31.0 Å². The first-order valence-electron chi connectivity index (χ1n) is 9.95. The molecule has 33 heavy (non-hydrogen) atoms. The highest BCUT2D eigenvalue weighted by Crippen LogP contribution is 2.48. The van der Waals surface area contributed by atoms with Gasteiger partial charge in [0.05, 0.1) is 28.5 Å². The van der Waals surface area contributed by atoms with E-state index in [0.717, 1.165) is 6.07 Å². The lowest BCUT2D eigenvalue weighted by Crippen LogP contribution is -2.12. The summed E-state index contributed by atoms with van der Waals surface area (Å²) in [7, 11) is -2.36. The molecule has 170 valence electrons. The topological polar surface area (TPSA) is 119 Å². The summed E-state index contributed by atoms with van der Waals surface area (Å²) < 4.78 is 68.1. The van der Waals surface area contributed by atoms with Crippen LogP contribution in [0.15, 0.2) is 29.6 Å². The fourth-order valence-corrected chi connectivity index (χ4v) is 4.82. The summed E-state index contributed by atoms with van der Waals surface area (Å²) in [6, 6.07) is 4.74. The molecule has 0 amide bonds. The highest BCUT2D eigenvalue weighted by atomic mass is 32.2. The van der Waals surface area contributed by atoms with Gasteiger partial charge in [-0.1, -0.05) is 6.92 Å². The second kappa shape index (κ2) is 6.74. The number of pyridine rings is 1. The van der Waals surface area contributed by atoms with E-state index in [1.807, 2.05) is 0 Å². The van der Waals surface area contributed by atoms with Crippen molar-refractivity contribution in [3.05, 3.63) is 35.8 Å². The van der Waals surface area contributed by atoms with Crippen molar-refractivity contribution in [2.75, 3.05) is 5.75 Å². The Morgan fingerprint density at radius 1 is 1.24 bits per heavy atom. The predicted molar refractivity (Wildman–Crippen MR) is 110 cm³/mol. The largest absolute Gasteiger partial charge is 0.417 e. The molecule has 9 nitrogen and oxygen atoms in total. The minimum Gasteiger partial charge on any atom is -0.312 e. The smallest absolute Gasteiger partial charge is 0.312 e. The van der Waals surface area contributed by atoms with Crippen molar-refractivity contribution < 1.29 is 21.6 Å². The van der Waals surface area contributed by atoms with Gasteiger partial charge >= 0.3 is 6.18 Å². The normalized spacial score (nSPS) is 15.8. The fraction of sp³-hybridized carbons (Fsp3) is 0.350. The second-order valence-corrected chi connectivity index (χ2v) is 10.1. The Kier molecular flexibility index (Phi) is 4.35. The van der Waals surface area contributed by atoms with Crippen LogP contribution in [0, 0.1) is 11.3 Å². The Bertz CT molecular complexity index is 1590. The molecular formula is C20H16F3N7O2S. The first kappa shape index (κ1) is 21.3.